The zero-order chi connectivity index (χ0) is 13.8. The molecule has 0 aromatic carbocycles. The summed E-state index contributed by atoms with van der Waals surface area (Å²) in [4.78, 5) is 28.2. The normalized spacial score (nSPS) is 18.6. The third-order valence-corrected chi connectivity index (χ3v) is 2.49. The molecular weight excluding hydrogens is 253 g/mol. The molecule has 100 valence electrons. The molecule has 0 saturated carbocycles. The lowest BCUT2D eigenvalue weighted by Gasteiger charge is -2.12. The van der Waals surface area contributed by atoms with Crippen molar-refractivity contribution < 1.29 is 18.7 Å². The van der Waals surface area contributed by atoms with E-state index in [9.17, 15) is 14.0 Å². The second kappa shape index (κ2) is 5.57. The predicted molar refractivity (Wildman–Crippen MR) is 65.0 cm³/mol. The summed E-state index contributed by atoms with van der Waals surface area (Å²) in [5.41, 5.74) is 0.0914. The van der Waals surface area contributed by atoms with Gasteiger partial charge in [0.05, 0.1) is 31.3 Å². The van der Waals surface area contributed by atoms with E-state index in [-0.39, 0.29) is 18.9 Å². The van der Waals surface area contributed by atoms with E-state index in [2.05, 4.69) is 16.9 Å². The summed E-state index contributed by atoms with van der Waals surface area (Å²) >= 11 is 0. The summed E-state index contributed by atoms with van der Waals surface area (Å²) in [5.74, 6) is -1.12. The topological polar surface area (TPSA) is 71.5 Å². The van der Waals surface area contributed by atoms with Crippen LogP contribution < -0.4 is 10.2 Å². The van der Waals surface area contributed by atoms with Gasteiger partial charge in [-0.15, -0.1) is 6.58 Å². The maximum Gasteiger partial charge on any atom is 0.329 e. The van der Waals surface area contributed by atoms with Gasteiger partial charge in [-0.25, -0.2) is 14.1 Å². The van der Waals surface area contributed by atoms with Crippen molar-refractivity contribution in [3.05, 3.63) is 36.9 Å². The maximum atomic E-state index is 13.1. The molecule has 1 aliphatic heterocycles. The van der Waals surface area contributed by atoms with Gasteiger partial charge >= 0.3 is 6.03 Å². The lowest BCUT2D eigenvalue weighted by Crippen LogP contribution is -2.34. The predicted octanol–water partition coefficient (Wildman–Crippen LogP) is 0.848. The molecule has 2 heterocycles. The first-order valence-electron chi connectivity index (χ1n) is 5.57. The molecule has 0 aliphatic carbocycles. The number of aromatic nitrogens is 1. The standard InChI is InChI=1S/C12H12FN3O3/c1-2-3-19-7-10-11(17)16(12(18)15-10)9-4-8(13)5-14-6-9/h2,4-6,10H,1,3,7H2,(H,15,18). The van der Waals surface area contributed by atoms with Crippen LogP contribution in [0.1, 0.15) is 0 Å². The summed E-state index contributed by atoms with van der Waals surface area (Å²) in [6, 6.07) is -0.336. The van der Waals surface area contributed by atoms with Gasteiger partial charge in [-0.05, 0) is 0 Å². The number of anilines is 1. The van der Waals surface area contributed by atoms with Gasteiger partial charge in [-0.1, -0.05) is 6.08 Å². The molecule has 7 heteroatoms. The summed E-state index contributed by atoms with van der Waals surface area (Å²) in [6.07, 6.45) is 3.77. The molecular formula is C12H12FN3O3. The summed E-state index contributed by atoms with van der Waals surface area (Å²) < 4.78 is 18.2. The van der Waals surface area contributed by atoms with Crippen LogP contribution in [0.4, 0.5) is 14.9 Å². The molecule has 1 fully saturated rings. The van der Waals surface area contributed by atoms with Crippen molar-refractivity contribution in [2.45, 2.75) is 6.04 Å². The molecule has 1 N–H and O–H groups in total. The van der Waals surface area contributed by atoms with Crippen LogP contribution >= 0.6 is 0 Å². The number of rotatable bonds is 5. The van der Waals surface area contributed by atoms with Crippen molar-refractivity contribution in [3.63, 3.8) is 0 Å². The third-order valence-electron chi connectivity index (χ3n) is 2.49. The van der Waals surface area contributed by atoms with Gasteiger partial charge in [0.1, 0.15) is 11.9 Å². The highest BCUT2D eigenvalue weighted by molar-refractivity contribution is 6.21. The van der Waals surface area contributed by atoms with Gasteiger partial charge in [-0.3, -0.25) is 9.78 Å². The molecule has 1 saturated heterocycles. The fourth-order valence-electron chi connectivity index (χ4n) is 1.68. The number of hydrogen-bond acceptors (Lipinski definition) is 4. The fraction of sp³-hybridized carbons (Fsp3) is 0.250. The number of halogens is 1. The van der Waals surface area contributed by atoms with Crippen LogP contribution in [-0.2, 0) is 9.53 Å². The minimum Gasteiger partial charge on any atom is -0.375 e. The van der Waals surface area contributed by atoms with Crippen LogP contribution in [0.3, 0.4) is 0 Å². The second-order valence-electron chi connectivity index (χ2n) is 3.86. The lowest BCUT2D eigenvalue weighted by atomic mass is 10.3. The van der Waals surface area contributed by atoms with E-state index in [1.54, 1.807) is 0 Å². The third kappa shape index (κ3) is 2.76. The van der Waals surface area contributed by atoms with Gasteiger partial charge < -0.3 is 10.1 Å². The van der Waals surface area contributed by atoms with Crippen molar-refractivity contribution in [3.8, 4) is 0 Å². The van der Waals surface area contributed by atoms with Gasteiger partial charge in [0.2, 0.25) is 0 Å². The molecule has 0 spiro atoms. The lowest BCUT2D eigenvalue weighted by molar-refractivity contribution is -0.119. The Balaban J connectivity index is 2.12. The first kappa shape index (κ1) is 13.2. The van der Waals surface area contributed by atoms with Crippen LogP contribution in [0.15, 0.2) is 31.1 Å². The van der Waals surface area contributed by atoms with Crippen molar-refractivity contribution in [1.29, 1.82) is 0 Å². The number of carbonyl (C=O) groups excluding carboxylic acids is 2. The molecule has 0 radical (unpaired) electrons. The first-order chi connectivity index (χ1) is 9.13. The molecule has 19 heavy (non-hydrogen) atoms. The minimum atomic E-state index is -0.782. The second-order valence-corrected chi connectivity index (χ2v) is 3.86. The Morgan fingerprint density at radius 3 is 3.00 bits per heavy atom. The number of amides is 3. The molecule has 3 amide bonds. The maximum absolute atomic E-state index is 13.1. The average molecular weight is 265 g/mol. The molecule has 0 bridgehead atoms. The molecule has 1 aromatic rings. The number of ether oxygens (including phenoxy) is 1. The van der Waals surface area contributed by atoms with E-state index in [0.29, 0.717) is 0 Å². The van der Waals surface area contributed by atoms with E-state index >= 15 is 0 Å². The highest BCUT2D eigenvalue weighted by atomic mass is 19.1. The monoisotopic (exact) mass is 265 g/mol. The van der Waals surface area contributed by atoms with Gasteiger partial charge in [0.25, 0.3) is 5.91 Å². The quantitative estimate of drug-likeness (QED) is 0.486. The number of carbonyl (C=O) groups is 2. The Kier molecular flexibility index (Phi) is 3.86. The molecule has 2 rings (SSSR count). The van der Waals surface area contributed by atoms with Crippen LogP contribution in [0.2, 0.25) is 0 Å². The number of imide groups is 1. The number of pyridine rings is 1. The van der Waals surface area contributed by atoms with E-state index in [1.807, 2.05) is 0 Å². The van der Waals surface area contributed by atoms with E-state index in [0.717, 1.165) is 17.2 Å². The van der Waals surface area contributed by atoms with Crippen LogP contribution in [0.25, 0.3) is 0 Å². The zero-order valence-corrected chi connectivity index (χ0v) is 10.0. The van der Waals surface area contributed by atoms with Gasteiger partial charge in [0.15, 0.2) is 0 Å². The number of nitrogens with one attached hydrogen (secondary N) is 1. The molecule has 1 unspecified atom stereocenters. The Hall–Kier alpha value is -2.28. The van der Waals surface area contributed by atoms with Crippen molar-refractivity contribution in [2.24, 2.45) is 0 Å². The Bertz CT molecular complexity index is 521. The molecule has 1 aromatic heterocycles. The molecule has 6 nitrogen and oxygen atoms in total. The molecule has 1 atom stereocenters. The van der Waals surface area contributed by atoms with Gasteiger partial charge in [-0.2, -0.15) is 0 Å². The van der Waals surface area contributed by atoms with Crippen molar-refractivity contribution in [1.82, 2.24) is 10.3 Å². The SMILES string of the molecule is C=CCOCC1NC(=O)N(c2cncc(F)c2)C1=O. The highest BCUT2D eigenvalue weighted by Gasteiger charge is 2.39. The first-order valence-corrected chi connectivity index (χ1v) is 5.57. The summed E-state index contributed by atoms with van der Waals surface area (Å²) in [6.45, 7) is 3.79. The van der Waals surface area contributed by atoms with Crippen LogP contribution in [-0.4, -0.2) is 36.2 Å². The molecule has 1 aliphatic rings. The van der Waals surface area contributed by atoms with Crippen LogP contribution in [0.5, 0.6) is 0 Å². The zero-order valence-electron chi connectivity index (χ0n) is 10.0. The summed E-state index contributed by atoms with van der Waals surface area (Å²) in [7, 11) is 0. The van der Waals surface area contributed by atoms with E-state index in [4.69, 9.17) is 4.74 Å². The van der Waals surface area contributed by atoms with E-state index in [1.165, 1.54) is 12.3 Å². The van der Waals surface area contributed by atoms with Crippen molar-refractivity contribution >= 4 is 17.6 Å². The fourth-order valence-corrected chi connectivity index (χ4v) is 1.68. The Labute approximate surface area is 108 Å². The average Bonchev–Trinajstić information content (AvgIpc) is 2.65. The van der Waals surface area contributed by atoms with Gasteiger partial charge in [0, 0.05) is 6.07 Å². The Morgan fingerprint density at radius 1 is 1.53 bits per heavy atom. The summed E-state index contributed by atoms with van der Waals surface area (Å²) in [5, 5.41) is 2.46. The largest absolute Gasteiger partial charge is 0.375 e. The minimum absolute atomic E-state index is 0.0375. The van der Waals surface area contributed by atoms with Crippen molar-refractivity contribution in [2.75, 3.05) is 18.1 Å². The van der Waals surface area contributed by atoms with E-state index < -0.39 is 23.8 Å². The Morgan fingerprint density at radius 2 is 2.32 bits per heavy atom. The number of urea groups is 1. The highest BCUT2D eigenvalue weighted by Crippen LogP contribution is 2.19. The smallest absolute Gasteiger partial charge is 0.329 e. The number of hydrogen-bond donors (Lipinski definition) is 1. The van der Waals surface area contributed by atoms with Crippen LogP contribution in [0, 0.1) is 5.82 Å². The number of nitrogens with zero attached hydrogens (tertiary/aromatic N) is 2.